The van der Waals surface area contributed by atoms with Crippen LogP contribution in [0.25, 0.3) is 0 Å². The van der Waals surface area contributed by atoms with Gasteiger partial charge in [-0.15, -0.1) is 0 Å². The van der Waals surface area contributed by atoms with Gasteiger partial charge in [0.2, 0.25) is 11.9 Å². The molecule has 0 bridgehead atoms. The van der Waals surface area contributed by atoms with E-state index in [1.165, 1.54) is 6.33 Å². The fourth-order valence-electron chi connectivity index (χ4n) is 3.66. The van der Waals surface area contributed by atoms with E-state index in [1.807, 2.05) is 48.5 Å². The molecule has 30 heavy (non-hydrogen) atoms. The molecule has 0 unspecified atom stereocenters. The maximum atomic E-state index is 13.2. The van der Waals surface area contributed by atoms with Crippen LogP contribution in [0.1, 0.15) is 17.2 Å². The van der Waals surface area contributed by atoms with E-state index in [9.17, 15) is 4.79 Å². The quantitative estimate of drug-likeness (QED) is 0.655. The van der Waals surface area contributed by atoms with Gasteiger partial charge in [-0.25, -0.2) is 4.68 Å². The van der Waals surface area contributed by atoms with Crippen LogP contribution in [-0.4, -0.2) is 34.9 Å². The summed E-state index contributed by atoms with van der Waals surface area (Å²) >= 11 is 0. The number of ether oxygens (including phenoxy) is 2. The lowest BCUT2D eigenvalue weighted by Gasteiger charge is -2.34. The molecule has 8 nitrogen and oxygen atoms in total. The van der Waals surface area contributed by atoms with Gasteiger partial charge >= 0.3 is 0 Å². The first-order valence-corrected chi connectivity index (χ1v) is 9.51. The normalized spacial score (nSPS) is 17.6. The summed E-state index contributed by atoms with van der Waals surface area (Å²) in [6.45, 7) is 4.52. The number of carbonyl (C=O) groups excluding carboxylic acids is 1. The van der Waals surface area contributed by atoms with Gasteiger partial charge in [-0.05, 0) is 23.3 Å². The molecule has 1 amide bonds. The van der Waals surface area contributed by atoms with E-state index in [0.717, 1.165) is 11.1 Å². The van der Waals surface area contributed by atoms with Crippen molar-refractivity contribution in [3.63, 3.8) is 0 Å². The molecule has 4 rings (SSSR count). The van der Waals surface area contributed by atoms with Crippen LogP contribution in [0.5, 0.6) is 11.5 Å². The summed E-state index contributed by atoms with van der Waals surface area (Å²) in [6, 6.07) is 14.9. The first-order valence-electron chi connectivity index (χ1n) is 9.51. The number of hydrogen-bond acceptors (Lipinski definition) is 6. The fourth-order valence-corrected chi connectivity index (χ4v) is 3.66. The Labute approximate surface area is 174 Å². The second-order valence-electron chi connectivity index (χ2n) is 6.92. The summed E-state index contributed by atoms with van der Waals surface area (Å²) in [5.41, 5.74) is 2.41. The largest absolute Gasteiger partial charge is 0.493 e. The van der Waals surface area contributed by atoms with Crippen molar-refractivity contribution in [2.24, 2.45) is 5.92 Å². The van der Waals surface area contributed by atoms with Crippen LogP contribution in [0.3, 0.4) is 0 Å². The van der Waals surface area contributed by atoms with Crippen molar-refractivity contribution in [2.75, 3.05) is 19.5 Å². The van der Waals surface area contributed by atoms with Crippen molar-refractivity contribution < 1.29 is 14.3 Å². The average Bonchev–Trinajstić information content (AvgIpc) is 3.24. The Hall–Kier alpha value is -3.81. The van der Waals surface area contributed by atoms with E-state index in [2.05, 4.69) is 27.3 Å². The molecule has 8 heteroatoms. The number of anilines is 1. The molecule has 1 aliphatic rings. The summed E-state index contributed by atoms with van der Waals surface area (Å²) in [4.78, 5) is 17.5. The predicted molar refractivity (Wildman–Crippen MR) is 112 cm³/mol. The SMILES string of the molecule is C=C1Nc2ncnn2[C@H](c2ccc(OC)c(OC)c2)[C@@H]1C(=O)NCc1ccccc1. The number of aromatic nitrogens is 3. The summed E-state index contributed by atoms with van der Waals surface area (Å²) in [6.07, 6.45) is 1.45. The van der Waals surface area contributed by atoms with Crippen LogP contribution < -0.4 is 20.1 Å². The standard InChI is InChI=1S/C22H23N5O3/c1-14-19(21(28)23-12-15-7-5-4-6-8-15)20(27-22(26-14)24-13-25-27)16-9-10-17(29-2)18(11-16)30-3/h4-11,13,19-20H,1,12H2,2-3H3,(H,23,28)(H,24,25,26)/t19-,20-/m1/s1. The van der Waals surface area contributed by atoms with E-state index in [-0.39, 0.29) is 5.91 Å². The molecule has 2 aromatic carbocycles. The highest BCUT2D eigenvalue weighted by atomic mass is 16.5. The molecule has 0 aliphatic carbocycles. The lowest BCUT2D eigenvalue weighted by Crippen LogP contribution is -2.42. The van der Waals surface area contributed by atoms with Crippen LogP contribution in [0.2, 0.25) is 0 Å². The monoisotopic (exact) mass is 405 g/mol. The number of nitrogens with zero attached hydrogens (tertiary/aromatic N) is 3. The minimum absolute atomic E-state index is 0.155. The van der Waals surface area contributed by atoms with Crippen molar-refractivity contribution in [3.05, 3.63) is 78.3 Å². The number of rotatable bonds is 6. The number of carbonyl (C=O) groups is 1. The van der Waals surface area contributed by atoms with Gasteiger partial charge in [0, 0.05) is 12.2 Å². The van der Waals surface area contributed by atoms with E-state index in [1.54, 1.807) is 18.9 Å². The highest BCUT2D eigenvalue weighted by Crippen LogP contribution is 2.40. The summed E-state index contributed by atoms with van der Waals surface area (Å²) in [5.74, 6) is 0.965. The Bertz CT molecular complexity index is 1060. The maximum Gasteiger partial charge on any atom is 0.231 e. The second kappa shape index (κ2) is 8.28. The molecule has 1 aliphatic heterocycles. The number of nitrogens with one attached hydrogen (secondary N) is 2. The average molecular weight is 405 g/mol. The van der Waals surface area contributed by atoms with Gasteiger partial charge in [0.1, 0.15) is 12.2 Å². The highest BCUT2D eigenvalue weighted by molar-refractivity contribution is 5.84. The minimum Gasteiger partial charge on any atom is -0.493 e. The molecule has 2 N–H and O–H groups in total. The van der Waals surface area contributed by atoms with Crippen molar-refractivity contribution in [1.82, 2.24) is 20.1 Å². The van der Waals surface area contributed by atoms with Gasteiger partial charge in [0.25, 0.3) is 0 Å². The Kier molecular flexibility index (Phi) is 5.38. The maximum absolute atomic E-state index is 13.2. The predicted octanol–water partition coefficient (Wildman–Crippen LogP) is 2.76. The minimum atomic E-state index is -0.596. The molecule has 2 heterocycles. The van der Waals surface area contributed by atoms with Crippen LogP contribution in [-0.2, 0) is 11.3 Å². The Morgan fingerprint density at radius 1 is 1.17 bits per heavy atom. The molecule has 0 radical (unpaired) electrons. The number of fused-ring (bicyclic) bond motifs is 1. The van der Waals surface area contributed by atoms with Gasteiger partial charge in [-0.2, -0.15) is 10.1 Å². The van der Waals surface area contributed by atoms with Crippen LogP contribution in [0, 0.1) is 5.92 Å². The van der Waals surface area contributed by atoms with Crippen LogP contribution in [0.15, 0.2) is 67.1 Å². The van der Waals surface area contributed by atoms with Gasteiger partial charge in [0.05, 0.1) is 20.3 Å². The zero-order valence-corrected chi connectivity index (χ0v) is 16.8. The van der Waals surface area contributed by atoms with Crippen LogP contribution in [0.4, 0.5) is 5.95 Å². The molecule has 0 spiro atoms. The zero-order valence-electron chi connectivity index (χ0n) is 16.8. The second-order valence-corrected chi connectivity index (χ2v) is 6.92. The van der Waals surface area contributed by atoms with Crippen molar-refractivity contribution in [1.29, 1.82) is 0 Å². The topological polar surface area (TPSA) is 90.3 Å². The third-order valence-electron chi connectivity index (χ3n) is 5.14. The molecule has 0 saturated heterocycles. The van der Waals surface area contributed by atoms with Crippen molar-refractivity contribution >= 4 is 11.9 Å². The molecule has 1 aromatic heterocycles. The van der Waals surface area contributed by atoms with Gasteiger partial charge in [-0.1, -0.05) is 43.0 Å². The third kappa shape index (κ3) is 3.59. The van der Waals surface area contributed by atoms with E-state index < -0.39 is 12.0 Å². The Balaban J connectivity index is 1.69. The molecule has 154 valence electrons. The highest BCUT2D eigenvalue weighted by Gasteiger charge is 2.39. The number of methoxy groups -OCH3 is 2. The molecule has 3 aromatic rings. The van der Waals surface area contributed by atoms with Gasteiger partial charge in [-0.3, -0.25) is 4.79 Å². The molecule has 2 atom stereocenters. The van der Waals surface area contributed by atoms with Gasteiger partial charge in [0.15, 0.2) is 11.5 Å². The van der Waals surface area contributed by atoms with Crippen molar-refractivity contribution in [3.8, 4) is 11.5 Å². The zero-order chi connectivity index (χ0) is 21.1. The summed E-state index contributed by atoms with van der Waals surface area (Å²) in [5, 5.41) is 10.5. The third-order valence-corrected chi connectivity index (χ3v) is 5.14. The van der Waals surface area contributed by atoms with Crippen LogP contribution >= 0.6 is 0 Å². The number of benzene rings is 2. The molecular weight excluding hydrogens is 382 g/mol. The van der Waals surface area contributed by atoms with E-state index >= 15 is 0 Å². The van der Waals surface area contributed by atoms with E-state index in [4.69, 9.17) is 9.47 Å². The molecule has 0 fully saturated rings. The van der Waals surface area contributed by atoms with E-state index in [0.29, 0.717) is 29.7 Å². The van der Waals surface area contributed by atoms with Gasteiger partial charge < -0.3 is 20.1 Å². The van der Waals surface area contributed by atoms with Crippen molar-refractivity contribution in [2.45, 2.75) is 12.6 Å². The Morgan fingerprint density at radius 2 is 1.93 bits per heavy atom. The Morgan fingerprint density at radius 3 is 2.67 bits per heavy atom. The molecular formula is C22H23N5O3. The molecule has 0 saturated carbocycles. The number of amides is 1. The lowest BCUT2D eigenvalue weighted by molar-refractivity contribution is -0.125. The fraction of sp³-hybridized carbons (Fsp3) is 0.227. The number of hydrogen-bond donors (Lipinski definition) is 2. The summed E-state index contributed by atoms with van der Waals surface area (Å²) in [7, 11) is 3.16. The summed E-state index contributed by atoms with van der Waals surface area (Å²) < 4.78 is 12.5. The lowest BCUT2D eigenvalue weighted by atomic mass is 9.88. The first-order chi connectivity index (χ1) is 14.6. The first kappa shape index (κ1) is 19.5. The smallest absolute Gasteiger partial charge is 0.231 e.